The number of benzene rings is 1. The number of hydrogen-bond acceptors (Lipinski definition) is 5. The number of fused-ring (bicyclic) bond motifs is 1. The van der Waals surface area contributed by atoms with Crippen LogP contribution in [0.4, 0.5) is 11.5 Å². The molecule has 1 aliphatic heterocycles. The number of anilines is 2. The molecule has 1 saturated heterocycles. The molecule has 8 heteroatoms. The van der Waals surface area contributed by atoms with Gasteiger partial charge in [0.1, 0.15) is 17.8 Å². The molecule has 0 bridgehead atoms. The summed E-state index contributed by atoms with van der Waals surface area (Å²) in [6.07, 6.45) is 9.49. The van der Waals surface area contributed by atoms with Gasteiger partial charge in [-0.3, -0.25) is 9.59 Å². The molecule has 8 nitrogen and oxygen atoms in total. The molecule has 1 aliphatic carbocycles. The fourth-order valence-electron chi connectivity index (χ4n) is 5.59. The summed E-state index contributed by atoms with van der Waals surface area (Å²) in [5.41, 5.74) is 13.1. The lowest BCUT2D eigenvalue weighted by Gasteiger charge is -2.26. The predicted molar refractivity (Wildman–Crippen MR) is 143 cm³/mol. The fourth-order valence-corrected chi connectivity index (χ4v) is 5.59. The summed E-state index contributed by atoms with van der Waals surface area (Å²) in [6.45, 7) is 7.31. The van der Waals surface area contributed by atoms with Crippen LogP contribution < -0.4 is 11.1 Å². The second-order valence-electron chi connectivity index (χ2n) is 9.70. The topological polar surface area (TPSA) is 106 Å². The maximum Gasteiger partial charge on any atom is 0.247 e. The van der Waals surface area contributed by atoms with Crippen LogP contribution in [-0.2, 0) is 16.6 Å². The Morgan fingerprint density at radius 1 is 1.22 bits per heavy atom. The van der Waals surface area contributed by atoms with Gasteiger partial charge in [0, 0.05) is 42.9 Å². The molecule has 0 radical (unpaired) electrons. The molecule has 1 fully saturated rings. The molecule has 2 aliphatic rings. The maximum atomic E-state index is 13.0. The smallest absolute Gasteiger partial charge is 0.247 e. The van der Waals surface area contributed by atoms with Gasteiger partial charge < -0.3 is 20.5 Å². The minimum absolute atomic E-state index is 0.0355. The standard InChI is InChI=1S/C28H32N6O2/c1-4-22(35)32-20-11-12-21(17(2)15-20)25-23(24-26(29)30-16-31-27(24)33(25)3)18-7-9-19(10-8-18)28(36)34-13-5-6-14-34/h4,7,11-12,15-16,19H,1,5-6,8-10,13-14H2,2-3H3,(H,32,35)(H2,29,30,31)/t19-/m0/s1. The quantitative estimate of drug-likeness (QED) is 0.520. The highest BCUT2D eigenvalue weighted by molar-refractivity contribution is 6.05. The van der Waals surface area contributed by atoms with Crippen LogP contribution in [0.2, 0.25) is 0 Å². The molecule has 3 aromatic rings. The number of carbonyl (C=O) groups is 2. The van der Waals surface area contributed by atoms with Crippen molar-refractivity contribution in [3.05, 3.63) is 54.4 Å². The molecular formula is C28H32N6O2. The van der Waals surface area contributed by atoms with Gasteiger partial charge in [0.2, 0.25) is 11.8 Å². The number of amides is 2. The largest absolute Gasteiger partial charge is 0.383 e. The number of aromatic nitrogens is 3. The van der Waals surface area contributed by atoms with Crippen molar-refractivity contribution < 1.29 is 9.59 Å². The molecule has 36 heavy (non-hydrogen) atoms. The summed E-state index contributed by atoms with van der Waals surface area (Å²) < 4.78 is 2.06. The maximum absolute atomic E-state index is 13.0. The molecule has 2 aromatic heterocycles. The van der Waals surface area contributed by atoms with Gasteiger partial charge in [0.25, 0.3) is 0 Å². The molecule has 186 valence electrons. The van der Waals surface area contributed by atoms with Crippen LogP contribution in [0, 0.1) is 12.8 Å². The monoisotopic (exact) mass is 484 g/mol. The van der Waals surface area contributed by atoms with E-state index in [-0.39, 0.29) is 17.7 Å². The second-order valence-corrected chi connectivity index (χ2v) is 9.70. The number of carbonyl (C=O) groups excluding carboxylic acids is 2. The van der Waals surface area contributed by atoms with Gasteiger partial charge in [-0.15, -0.1) is 0 Å². The summed E-state index contributed by atoms with van der Waals surface area (Å²) in [5.74, 6) is 0.520. The lowest BCUT2D eigenvalue weighted by atomic mass is 9.84. The van der Waals surface area contributed by atoms with E-state index in [0.717, 1.165) is 78.6 Å². The minimum Gasteiger partial charge on any atom is -0.383 e. The average Bonchev–Trinajstić information content (AvgIpc) is 3.52. The zero-order valence-corrected chi connectivity index (χ0v) is 20.9. The van der Waals surface area contributed by atoms with Crippen molar-refractivity contribution in [1.29, 1.82) is 0 Å². The van der Waals surface area contributed by atoms with E-state index >= 15 is 0 Å². The number of rotatable bonds is 5. The number of hydrogen-bond donors (Lipinski definition) is 2. The van der Waals surface area contributed by atoms with Crippen molar-refractivity contribution in [2.75, 3.05) is 24.1 Å². The Kier molecular flexibility index (Phi) is 6.35. The number of likely N-dealkylation sites (tertiary alicyclic amines) is 1. The van der Waals surface area contributed by atoms with Crippen molar-refractivity contribution in [2.24, 2.45) is 13.0 Å². The van der Waals surface area contributed by atoms with Gasteiger partial charge in [-0.25, -0.2) is 9.97 Å². The van der Waals surface area contributed by atoms with Crippen molar-refractivity contribution in [2.45, 2.75) is 39.0 Å². The van der Waals surface area contributed by atoms with Crippen LogP contribution >= 0.6 is 0 Å². The summed E-state index contributed by atoms with van der Waals surface area (Å²) in [6, 6.07) is 5.85. The third-order valence-corrected chi connectivity index (χ3v) is 7.43. The third-order valence-electron chi connectivity index (χ3n) is 7.43. The molecule has 3 N–H and O–H groups in total. The minimum atomic E-state index is -0.249. The van der Waals surface area contributed by atoms with Gasteiger partial charge in [-0.2, -0.15) is 0 Å². The van der Waals surface area contributed by atoms with Crippen LogP contribution in [0.15, 0.2) is 43.3 Å². The number of nitrogen functional groups attached to an aromatic ring is 1. The highest BCUT2D eigenvalue weighted by Gasteiger charge is 2.30. The van der Waals surface area contributed by atoms with Crippen molar-refractivity contribution >= 4 is 39.9 Å². The Balaban J connectivity index is 1.58. The number of nitrogens with two attached hydrogens (primary N) is 1. The molecule has 3 heterocycles. The number of nitrogens with zero attached hydrogens (tertiary/aromatic N) is 4. The lowest BCUT2D eigenvalue weighted by molar-refractivity contribution is -0.134. The first-order valence-corrected chi connectivity index (χ1v) is 12.5. The van der Waals surface area contributed by atoms with Gasteiger partial charge >= 0.3 is 0 Å². The van der Waals surface area contributed by atoms with Crippen LogP contribution in [0.1, 0.15) is 43.2 Å². The Hall–Kier alpha value is -3.94. The number of nitrogens with one attached hydrogen (secondary N) is 1. The van der Waals surface area contributed by atoms with Crippen LogP contribution in [-0.4, -0.2) is 44.3 Å². The van der Waals surface area contributed by atoms with Crippen molar-refractivity contribution in [3.63, 3.8) is 0 Å². The predicted octanol–water partition coefficient (Wildman–Crippen LogP) is 4.46. The molecule has 0 unspecified atom stereocenters. The highest BCUT2D eigenvalue weighted by atomic mass is 16.2. The molecule has 2 amide bonds. The first-order valence-electron chi connectivity index (χ1n) is 12.5. The van der Waals surface area contributed by atoms with E-state index in [1.165, 1.54) is 18.0 Å². The van der Waals surface area contributed by atoms with Gasteiger partial charge in [0.15, 0.2) is 0 Å². The van der Waals surface area contributed by atoms with E-state index in [1.54, 1.807) is 0 Å². The van der Waals surface area contributed by atoms with Gasteiger partial charge in [-0.1, -0.05) is 18.7 Å². The Bertz CT molecular complexity index is 1400. The van der Waals surface area contributed by atoms with E-state index in [1.807, 2.05) is 37.1 Å². The zero-order valence-electron chi connectivity index (χ0n) is 20.9. The van der Waals surface area contributed by atoms with Crippen LogP contribution in [0.25, 0.3) is 27.9 Å². The van der Waals surface area contributed by atoms with E-state index in [4.69, 9.17) is 5.73 Å². The molecular weight excluding hydrogens is 452 g/mol. The Morgan fingerprint density at radius 2 is 2.00 bits per heavy atom. The lowest BCUT2D eigenvalue weighted by Crippen LogP contribution is -2.34. The summed E-state index contributed by atoms with van der Waals surface area (Å²) >= 11 is 0. The molecule has 0 saturated carbocycles. The molecule has 5 rings (SSSR count). The van der Waals surface area contributed by atoms with E-state index in [9.17, 15) is 9.59 Å². The fraction of sp³-hybridized carbons (Fsp3) is 0.357. The zero-order chi connectivity index (χ0) is 25.4. The molecule has 1 aromatic carbocycles. The van der Waals surface area contributed by atoms with E-state index in [0.29, 0.717) is 11.5 Å². The van der Waals surface area contributed by atoms with Crippen molar-refractivity contribution in [3.8, 4) is 11.3 Å². The Labute approximate surface area is 210 Å². The van der Waals surface area contributed by atoms with Gasteiger partial charge in [-0.05, 0) is 68.4 Å². The van der Waals surface area contributed by atoms with E-state index < -0.39 is 0 Å². The summed E-state index contributed by atoms with van der Waals surface area (Å²) in [7, 11) is 1.99. The molecule has 1 atom stereocenters. The Morgan fingerprint density at radius 3 is 2.67 bits per heavy atom. The van der Waals surface area contributed by atoms with Crippen LogP contribution in [0.3, 0.4) is 0 Å². The second kappa shape index (κ2) is 9.60. The number of allylic oxidation sites excluding steroid dienone is 2. The first-order chi connectivity index (χ1) is 17.4. The average molecular weight is 485 g/mol. The SMILES string of the molecule is C=CC(=O)Nc1ccc(-c2c(C3=CC[C@H](C(=O)N4CCCC4)CC3)c3c(N)ncnc3n2C)c(C)c1. The molecule has 0 spiro atoms. The van der Waals surface area contributed by atoms with Gasteiger partial charge in [0.05, 0.1) is 11.1 Å². The van der Waals surface area contributed by atoms with E-state index in [2.05, 4.69) is 32.5 Å². The summed E-state index contributed by atoms with van der Waals surface area (Å²) in [4.78, 5) is 35.6. The third kappa shape index (κ3) is 4.17. The number of aryl methyl sites for hydroxylation is 2. The first kappa shape index (κ1) is 23.8. The normalized spacial score (nSPS) is 17.8. The highest BCUT2D eigenvalue weighted by Crippen LogP contribution is 2.44. The van der Waals surface area contributed by atoms with Crippen molar-refractivity contribution in [1.82, 2.24) is 19.4 Å². The van der Waals surface area contributed by atoms with Crippen LogP contribution in [0.5, 0.6) is 0 Å². The summed E-state index contributed by atoms with van der Waals surface area (Å²) in [5, 5.41) is 3.67.